The molecule has 0 unspecified atom stereocenters. The van der Waals surface area contributed by atoms with Crippen LogP contribution in [-0.2, 0) is 4.79 Å². The third kappa shape index (κ3) is 2.15. The van der Waals surface area contributed by atoms with Crippen LogP contribution in [0.2, 0.25) is 0 Å². The summed E-state index contributed by atoms with van der Waals surface area (Å²) in [5, 5.41) is 9.17. The molecule has 1 aliphatic rings. The quantitative estimate of drug-likeness (QED) is 0.759. The van der Waals surface area contributed by atoms with E-state index in [1.807, 2.05) is 13.8 Å². The fourth-order valence-corrected chi connectivity index (χ4v) is 2.10. The zero-order valence-corrected chi connectivity index (χ0v) is 9.93. The molecule has 1 aliphatic heterocycles. The summed E-state index contributed by atoms with van der Waals surface area (Å²) in [6, 6.07) is 1.21. The molecule has 0 aliphatic carbocycles. The molecule has 6 nitrogen and oxygen atoms in total. The average molecular weight is 236 g/mol. The van der Waals surface area contributed by atoms with Gasteiger partial charge in [-0.1, -0.05) is 13.8 Å². The van der Waals surface area contributed by atoms with Crippen LogP contribution in [0, 0.1) is 5.92 Å². The summed E-state index contributed by atoms with van der Waals surface area (Å²) in [5.41, 5.74) is 0.422. The van der Waals surface area contributed by atoms with Crippen molar-refractivity contribution in [3.05, 3.63) is 18.0 Å². The van der Waals surface area contributed by atoms with E-state index >= 15 is 0 Å². The monoisotopic (exact) mass is 236 g/mol. The van der Waals surface area contributed by atoms with Gasteiger partial charge in [0.05, 0.1) is 0 Å². The lowest BCUT2D eigenvalue weighted by Gasteiger charge is -2.36. The fourth-order valence-electron chi connectivity index (χ4n) is 2.10. The van der Waals surface area contributed by atoms with E-state index in [1.54, 1.807) is 11.0 Å². The molecule has 0 spiro atoms. The molecule has 1 saturated heterocycles. The summed E-state index contributed by atoms with van der Waals surface area (Å²) in [6.45, 7) is 4.90. The lowest BCUT2D eigenvalue weighted by Crippen LogP contribution is -2.59. The van der Waals surface area contributed by atoms with Gasteiger partial charge in [0.2, 0.25) is 5.91 Å². The van der Waals surface area contributed by atoms with Gasteiger partial charge in [-0.15, -0.1) is 0 Å². The van der Waals surface area contributed by atoms with Gasteiger partial charge >= 0.3 is 0 Å². The minimum Gasteiger partial charge on any atom is -0.353 e. The summed E-state index contributed by atoms with van der Waals surface area (Å²) >= 11 is 0. The summed E-state index contributed by atoms with van der Waals surface area (Å²) < 4.78 is 0. The highest BCUT2D eigenvalue weighted by molar-refractivity contribution is 5.96. The fraction of sp³-hybridized carbons (Fsp3) is 0.545. The molecule has 17 heavy (non-hydrogen) atoms. The Hall–Kier alpha value is -1.85. The highest BCUT2D eigenvalue weighted by Crippen LogP contribution is 2.16. The Kier molecular flexibility index (Phi) is 3.12. The number of nitrogens with zero attached hydrogens (tertiary/aromatic N) is 2. The largest absolute Gasteiger partial charge is 0.353 e. The lowest BCUT2D eigenvalue weighted by atomic mass is 9.99. The van der Waals surface area contributed by atoms with Crippen LogP contribution in [0.4, 0.5) is 0 Å². The molecule has 0 saturated carbocycles. The Balaban J connectivity index is 2.23. The Morgan fingerprint density at radius 2 is 2.35 bits per heavy atom. The maximum Gasteiger partial charge on any atom is 0.272 e. The number of carbonyl (C=O) groups excluding carboxylic acids is 2. The topological polar surface area (TPSA) is 78.1 Å². The van der Waals surface area contributed by atoms with Gasteiger partial charge in [0.25, 0.3) is 5.91 Å². The Morgan fingerprint density at radius 1 is 1.59 bits per heavy atom. The molecule has 2 amide bonds. The number of H-pyrrole nitrogens is 1. The maximum atomic E-state index is 12.2. The molecule has 1 aromatic rings. The summed E-state index contributed by atoms with van der Waals surface area (Å²) in [7, 11) is 0. The summed E-state index contributed by atoms with van der Waals surface area (Å²) in [5.74, 6) is -0.169. The van der Waals surface area contributed by atoms with Crippen LogP contribution in [-0.4, -0.2) is 46.0 Å². The van der Waals surface area contributed by atoms with Crippen molar-refractivity contribution < 1.29 is 9.59 Å². The Bertz CT molecular complexity index is 413. The molecular weight excluding hydrogens is 220 g/mol. The summed E-state index contributed by atoms with van der Waals surface area (Å²) in [4.78, 5) is 25.6. The average Bonchev–Trinajstić information content (AvgIpc) is 2.80. The minimum absolute atomic E-state index is 0.0842. The van der Waals surface area contributed by atoms with Crippen LogP contribution >= 0.6 is 0 Å². The van der Waals surface area contributed by atoms with Gasteiger partial charge in [-0.25, -0.2) is 0 Å². The van der Waals surface area contributed by atoms with Crippen molar-refractivity contribution in [1.29, 1.82) is 0 Å². The van der Waals surface area contributed by atoms with E-state index < -0.39 is 6.04 Å². The third-order valence-corrected chi connectivity index (χ3v) is 2.88. The van der Waals surface area contributed by atoms with Crippen LogP contribution < -0.4 is 5.32 Å². The molecule has 2 heterocycles. The van der Waals surface area contributed by atoms with Crippen molar-refractivity contribution in [1.82, 2.24) is 20.4 Å². The van der Waals surface area contributed by atoms with E-state index in [0.29, 0.717) is 18.8 Å². The zero-order chi connectivity index (χ0) is 12.4. The van der Waals surface area contributed by atoms with Gasteiger partial charge in [0.1, 0.15) is 11.7 Å². The zero-order valence-electron chi connectivity index (χ0n) is 9.93. The van der Waals surface area contributed by atoms with Crippen molar-refractivity contribution in [2.45, 2.75) is 19.9 Å². The van der Waals surface area contributed by atoms with E-state index in [9.17, 15) is 9.59 Å². The number of aromatic nitrogens is 2. The van der Waals surface area contributed by atoms with Crippen LogP contribution in [0.3, 0.4) is 0 Å². The molecule has 92 valence electrons. The van der Waals surface area contributed by atoms with Gasteiger partial charge < -0.3 is 10.2 Å². The van der Waals surface area contributed by atoms with Gasteiger partial charge in [0.15, 0.2) is 0 Å². The molecule has 1 fully saturated rings. The molecule has 2 rings (SSSR count). The molecular formula is C11H16N4O2. The summed E-state index contributed by atoms with van der Waals surface area (Å²) in [6.07, 6.45) is 1.53. The predicted molar refractivity (Wildman–Crippen MR) is 61.3 cm³/mol. The van der Waals surface area contributed by atoms with E-state index in [4.69, 9.17) is 0 Å². The van der Waals surface area contributed by atoms with Crippen LogP contribution in [0.5, 0.6) is 0 Å². The first kappa shape index (κ1) is 11.6. The smallest absolute Gasteiger partial charge is 0.272 e. The SMILES string of the molecule is CC(C)[C@@H]1C(=O)NCCN1C(=O)c1ccn[nH]1. The second-order valence-electron chi connectivity index (χ2n) is 4.45. The first-order valence-electron chi connectivity index (χ1n) is 5.69. The van der Waals surface area contributed by atoms with Gasteiger partial charge in [-0.2, -0.15) is 5.10 Å². The van der Waals surface area contributed by atoms with Crippen LogP contribution in [0.25, 0.3) is 0 Å². The number of hydrogen-bond acceptors (Lipinski definition) is 3. The number of hydrogen-bond donors (Lipinski definition) is 2. The number of amides is 2. The number of aromatic amines is 1. The highest BCUT2D eigenvalue weighted by atomic mass is 16.2. The molecule has 2 N–H and O–H groups in total. The number of carbonyl (C=O) groups is 2. The highest BCUT2D eigenvalue weighted by Gasteiger charge is 2.35. The first-order valence-corrected chi connectivity index (χ1v) is 5.69. The molecule has 1 atom stereocenters. The van der Waals surface area contributed by atoms with E-state index in [2.05, 4.69) is 15.5 Å². The van der Waals surface area contributed by atoms with Crippen LogP contribution in [0.1, 0.15) is 24.3 Å². The number of rotatable bonds is 2. The Morgan fingerprint density at radius 3 is 2.94 bits per heavy atom. The minimum atomic E-state index is -0.403. The first-order chi connectivity index (χ1) is 8.11. The second kappa shape index (κ2) is 4.57. The van der Waals surface area contributed by atoms with Gasteiger partial charge in [-0.05, 0) is 12.0 Å². The lowest BCUT2D eigenvalue weighted by molar-refractivity contribution is -0.129. The van der Waals surface area contributed by atoms with Crippen molar-refractivity contribution >= 4 is 11.8 Å². The van der Waals surface area contributed by atoms with E-state index in [0.717, 1.165) is 0 Å². The van der Waals surface area contributed by atoms with Crippen molar-refractivity contribution in [2.75, 3.05) is 13.1 Å². The normalized spacial score (nSPS) is 20.5. The Labute approximate surface area is 99.4 Å². The molecule has 0 radical (unpaired) electrons. The predicted octanol–water partition coefficient (Wildman–Crippen LogP) is 0.00630. The third-order valence-electron chi connectivity index (χ3n) is 2.88. The maximum absolute atomic E-state index is 12.2. The molecule has 6 heteroatoms. The van der Waals surface area contributed by atoms with Crippen LogP contribution in [0.15, 0.2) is 12.3 Å². The van der Waals surface area contributed by atoms with E-state index in [-0.39, 0.29) is 17.7 Å². The van der Waals surface area contributed by atoms with E-state index in [1.165, 1.54) is 6.20 Å². The van der Waals surface area contributed by atoms with Gasteiger partial charge in [0, 0.05) is 19.3 Å². The molecule has 1 aromatic heterocycles. The number of piperazine rings is 1. The molecule has 0 aromatic carbocycles. The standard InChI is InChI=1S/C11H16N4O2/c1-7(2)9-10(16)12-5-6-15(9)11(17)8-3-4-13-14-8/h3-4,7,9H,5-6H2,1-2H3,(H,12,16)(H,13,14)/t9-/m1/s1. The second-order valence-corrected chi connectivity index (χ2v) is 4.45. The van der Waals surface area contributed by atoms with Gasteiger partial charge in [-0.3, -0.25) is 14.7 Å². The van der Waals surface area contributed by atoms with Crippen molar-refractivity contribution in [3.8, 4) is 0 Å². The molecule has 0 bridgehead atoms. The van der Waals surface area contributed by atoms with Crippen molar-refractivity contribution in [2.24, 2.45) is 5.92 Å². The van der Waals surface area contributed by atoms with Crippen molar-refractivity contribution in [3.63, 3.8) is 0 Å². The number of nitrogens with one attached hydrogen (secondary N) is 2.